The van der Waals surface area contributed by atoms with Crippen LogP contribution in [0.4, 0.5) is 5.69 Å². The van der Waals surface area contributed by atoms with Crippen LogP contribution in [-0.4, -0.2) is 30.8 Å². The minimum absolute atomic E-state index is 0.259. The molecule has 0 bridgehead atoms. The van der Waals surface area contributed by atoms with Crippen LogP contribution in [0.1, 0.15) is 32.3 Å². The average Bonchev–Trinajstić information content (AvgIpc) is 2.43. The molecule has 0 aliphatic carbocycles. The van der Waals surface area contributed by atoms with Gasteiger partial charge in [0.2, 0.25) is 0 Å². The molecular weight excluding hydrogens is 272 g/mol. The molecule has 1 fully saturated rings. The largest absolute Gasteiger partial charge is 0.391 e. The van der Waals surface area contributed by atoms with Crippen LogP contribution in [0.5, 0.6) is 0 Å². The fourth-order valence-corrected chi connectivity index (χ4v) is 2.92. The Labute approximate surface area is 126 Å². The van der Waals surface area contributed by atoms with Gasteiger partial charge in [-0.05, 0) is 43.0 Å². The molecule has 2 N–H and O–H groups in total. The van der Waals surface area contributed by atoms with E-state index in [-0.39, 0.29) is 6.10 Å². The first-order valence-electron chi connectivity index (χ1n) is 7.54. The molecule has 1 heterocycles. The molecular formula is C16H25ClN2O. The number of hydrogen-bond donors (Lipinski definition) is 2. The van der Waals surface area contributed by atoms with E-state index in [1.165, 1.54) is 5.56 Å². The highest BCUT2D eigenvalue weighted by Gasteiger charge is 2.25. The maximum absolute atomic E-state index is 10.0. The van der Waals surface area contributed by atoms with E-state index in [1.54, 1.807) is 0 Å². The van der Waals surface area contributed by atoms with Crippen LogP contribution < -0.4 is 10.2 Å². The van der Waals surface area contributed by atoms with E-state index < -0.39 is 0 Å². The summed E-state index contributed by atoms with van der Waals surface area (Å²) in [6, 6.07) is 6.23. The van der Waals surface area contributed by atoms with E-state index in [9.17, 15) is 5.11 Å². The lowest BCUT2D eigenvalue weighted by atomic mass is 9.95. The van der Waals surface area contributed by atoms with Crippen molar-refractivity contribution in [2.45, 2.75) is 39.3 Å². The molecule has 0 aromatic heterocycles. The zero-order valence-electron chi connectivity index (χ0n) is 12.4. The normalized spacial score (nSPS) is 23.1. The molecule has 4 heteroatoms. The van der Waals surface area contributed by atoms with Crippen molar-refractivity contribution in [1.29, 1.82) is 0 Å². The molecule has 0 radical (unpaired) electrons. The third-order valence-corrected chi connectivity index (χ3v) is 4.33. The zero-order valence-corrected chi connectivity index (χ0v) is 13.2. The molecule has 3 nitrogen and oxygen atoms in total. The van der Waals surface area contributed by atoms with Crippen molar-refractivity contribution in [2.24, 2.45) is 5.92 Å². The number of halogens is 1. The second kappa shape index (κ2) is 7.30. The first-order chi connectivity index (χ1) is 9.61. The summed E-state index contributed by atoms with van der Waals surface area (Å²) in [6.45, 7) is 7.78. The number of nitrogens with one attached hydrogen (secondary N) is 1. The van der Waals surface area contributed by atoms with Crippen molar-refractivity contribution in [3.8, 4) is 0 Å². The van der Waals surface area contributed by atoms with Gasteiger partial charge in [-0.15, -0.1) is 0 Å². The van der Waals surface area contributed by atoms with Gasteiger partial charge in [0.25, 0.3) is 0 Å². The summed E-state index contributed by atoms with van der Waals surface area (Å²) in [5.74, 6) is 0.377. The van der Waals surface area contributed by atoms with E-state index in [1.807, 2.05) is 6.07 Å². The summed E-state index contributed by atoms with van der Waals surface area (Å²) < 4.78 is 0. The molecule has 1 aromatic carbocycles. The number of benzene rings is 1. The lowest BCUT2D eigenvalue weighted by molar-refractivity contribution is 0.103. The topological polar surface area (TPSA) is 35.5 Å². The summed E-state index contributed by atoms with van der Waals surface area (Å²) in [7, 11) is 0. The van der Waals surface area contributed by atoms with E-state index in [0.29, 0.717) is 12.5 Å². The summed E-state index contributed by atoms with van der Waals surface area (Å²) in [4.78, 5) is 2.19. The molecule has 112 valence electrons. The maximum Gasteiger partial charge on any atom is 0.0741 e. The Morgan fingerprint density at radius 3 is 2.90 bits per heavy atom. The predicted molar refractivity (Wildman–Crippen MR) is 85.5 cm³/mol. The van der Waals surface area contributed by atoms with Crippen LogP contribution in [0.15, 0.2) is 18.2 Å². The molecule has 0 saturated carbocycles. The number of rotatable bonds is 5. The number of aliphatic hydroxyl groups is 1. The highest BCUT2D eigenvalue weighted by atomic mass is 35.5. The Morgan fingerprint density at radius 1 is 1.45 bits per heavy atom. The van der Waals surface area contributed by atoms with E-state index in [2.05, 4.69) is 36.2 Å². The van der Waals surface area contributed by atoms with Crippen LogP contribution in [0.2, 0.25) is 5.02 Å². The smallest absolute Gasteiger partial charge is 0.0741 e. The molecule has 1 aromatic rings. The zero-order chi connectivity index (χ0) is 14.5. The molecule has 1 aliphatic heterocycles. The number of piperidine rings is 1. The van der Waals surface area contributed by atoms with Gasteiger partial charge < -0.3 is 15.3 Å². The summed E-state index contributed by atoms with van der Waals surface area (Å²) >= 11 is 6.41. The number of hydrogen-bond acceptors (Lipinski definition) is 3. The highest BCUT2D eigenvalue weighted by Crippen LogP contribution is 2.30. The van der Waals surface area contributed by atoms with E-state index in [0.717, 1.165) is 43.2 Å². The van der Waals surface area contributed by atoms with Gasteiger partial charge in [-0.25, -0.2) is 0 Å². The number of anilines is 1. The Kier molecular flexibility index (Phi) is 5.70. The quantitative estimate of drug-likeness (QED) is 0.820. The van der Waals surface area contributed by atoms with Gasteiger partial charge in [-0.1, -0.05) is 31.5 Å². The number of β-amino-alcohol motifs (C(OH)–C–C–N with tert-alkyl or cyclic N) is 1. The molecule has 2 atom stereocenters. The first kappa shape index (κ1) is 15.6. The Balaban J connectivity index is 2.02. The maximum atomic E-state index is 10.0. The van der Waals surface area contributed by atoms with Crippen molar-refractivity contribution < 1.29 is 5.11 Å². The highest BCUT2D eigenvalue weighted by molar-refractivity contribution is 6.33. The first-order valence-corrected chi connectivity index (χ1v) is 7.91. The molecule has 20 heavy (non-hydrogen) atoms. The Hall–Kier alpha value is -0.770. The second-order valence-electron chi connectivity index (χ2n) is 5.74. The Bertz CT molecular complexity index is 438. The molecule has 2 unspecified atom stereocenters. The van der Waals surface area contributed by atoms with Crippen LogP contribution in [-0.2, 0) is 6.54 Å². The molecule has 0 spiro atoms. The lowest BCUT2D eigenvalue weighted by Gasteiger charge is -2.36. The van der Waals surface area contributed by atoms with Gasteiger partial charge in [0.15, 0.2) is 0 Å². The lowest BCUT2D eigenvalue weighted by Crippen LogP contribution is -2.43. The third kappa shape index (κ3) is 3.87. The Morgan fingerprint density at radius 2 is 2.25 bits per heavy atom. The summed E-state index contributed by atoms with van der Waals surface area (Å²) in [6.07, 6.45) is 1.89. The predicted octanol–water partition coefficient (Wildman–Crippen LogP) is 3.05. The average molecular weight is 297 g/mol. The fourth-order valence-electron chi connectivity index (χ4n) is 2.59. The SMILES string of the molecule is CCCNCc1ccc(N2CCC(C)C(O)C2)c(Cl)c1. The van der Waals surface area contributed by atoms with E-state index in [4.69, 9.17) is 11.6 Å². The third-order valence-electron chi connectivity index (χ3n) is 4.03. The second-order valence-corrected chi connectivity index (χ2v) is 6.15. The number of aliphatic hydroxyl groups excluding tert-OH is 1. The van der Waals surface area contributed by atoms with Crippen molar-refractivity contribution in [1.82, 2.24) is 5.32 Å². The van der Waals surface area contributed by atoms with Crippen LogP contribution in [0, 0.1) is 5.92 Å². The molecule has 1 aliphatic rings. The minimum atomic E-state index is -0.259. The monoisotopic (exact) mass is 296 g/mol. The van der Waals surface area contributed by atoms with Crippen molar-refractivity contribution in [3.05, 3.63) is 28.8 Å². The van der Waals surface area contributed by atoms with Crippen molar-refractivity contribution in [3.63, 3.8) is 0 Å². The summed E-state index contributed by atoms with van der Waals surface area (Å²) in [5, 5.41) is 14.2. The molecule has 2 rings (SSSR count). The van der Waals surface area contributed by atoms with Gasteiger partial charge in [0.1, 0.15) is 0 Å². The molecule has 0 amide bonds. The summed E-state index contributed by atoms with van der Waals surface area (Å²) in [5.41, 5.74) is 2.25. The van der Waals surface area contributed by atoms with Crippen molar-refractivity contribution in [2.75, 3.05) is 24.5 Å². The van der Waals surface area contributed by atoms with Gasteiger partial charge in [-0.3, -0.25) is 0 Å². The standard InChI is InChI=1S/C16H25ClN2O/c1-3-7-18-10-13-4-5-15(14(17)9-13)19-8-6-12(2)16(20)11-19/h4-5,9,12,16,18,20H,3,6-8,10-11H2,1-2H3. The van der Waals surface area contributed by atoms with Gasteiger partial charge in [0.05, 0.1) is 16.8 Å². The van der Waals surface area contributed by atoms with Gasteiger partial charge >= 0.3 is 0 Å². The van der Waals surface area contributed by atoms with Crippen molar-refractivity contribution >= 4 is 17.3 Å². The number of nitrogens with zero attached hydrogens (tertiary/aromatic N) is 1. The van der Waals surface area contributed by atoms with Crippen LogP contribution >= 0.6 is 11.6 Å². The van der Waals surface area contributed by atoms with Gasteiger partial charge in [-0.2, -0.15) is 0 Å². The van der Waals surface area contributed by atoms with Gasteiger partial charge in [0, 0.05) is 19.6 Å². The van der Waals surface area contributed by atoms with Crippen LogP contribution in [0.3, 0.4) is 0 Å². The minimum Gasteiger partial charge on any atom is -0.391 e. The van der Waals surface area contributed by atoms with E-state index >= 15 is 0 Å². The molecule has 1 saturated heterocycles. The van der Waals surface area contributed by atoms with Crippen LogP contribution in [0.25, 0.3) is 0 Å². The fraction of sp³-hybridized carbons (Fsp3) is 0.625.